The number of nitrogens with zero attached hydrogens (tertiary/aromatic N) is 4. The molecule has 1 aliphatic rings. The molecule has 0 atom stereocenters. The van der Waals surface area contributed by atoms with Crippen molar-refractivity contribution in [2.24, 2.45) is 0 Å². The second-order valence-electron chi connectivity index (χ2n) is 7.08. The molecule has 4 rings (SSSR count). The Bertz CT molecular complexity index is 917. The van der Waals surface area contributed by atoms with Gasteiger partial charge >= 0.3 is 0 Å². The molecular weight excluding hydrogens is 354 g/mol. The second kappa shape index (κ2) is 7.88. The fourth-order valence-electron chi connectivity index (χ4n) is 3.96. The Balaban J connectivity index is 1.75. The van der Waals surface area contributed by atoms with Gasteiger partial charge in [0.25, 0.3) is 0 Å². The monoisotopic (exact) mass is 379 g/mol. The van der Waals surface area contributed by atoms with E-state index < -0.39 is 0 Å². The van der Waals surface area contributed by atoms with E-state index in [9.17, 15) is 0 Å². The molecule has 1 N–H and O–H groups in total. The Morgan fingerprint density at radius 1 is 0.929 bits per heavy atom. The van der Waals surface area contributed by atoms with Gasteiger partial charge in [-0.3, -0.25) is 0 Å². The fourth-order valence-corrected chi connectivity index (χ4v) is 3.96. The van der Waals surface area contributed by atoms with E-state index >= 15 is 0 Å². The summed E-state index contributed by atoms with van der Waals surface area (Å²) in [4.78, 5) is 0. The maximum Gasteiger partial charge on any atom is 0.182 e. The molecule has 0 radical (unpaired) electrons. The van der Waals surface area contributed by atoms with Gasteiger partial charge in [0, 0.05) is 5.69 Å². The summed E-state index contributed by atoms with van der Waals surface area (Å²) < 4.78 is 12.6. The third-order valence-electron chi connectivity index (χ3n) is 5.39. The van der Waals surface area contributed by atoms with Crippen molar-refractivity contribution in [3.8, 4) is 17.2 Å². The molecule has 3 aromatic rings. The highest BCUT2D eigenvalue weighted by molar-refractivity contribution is 5.51. The molecule has 28 heavy (non-hydrogen) atoms. The largest absolute Gasteiger partial charge is 0.497 e. The molecule has 2 aromatic carbocycles. The Morgan fingerprint density at radius 3 is 2.39 bits per heavy atom. The number of ether oxygens (including phenoxy) is 2. The summed E-state index contributed by atoms with van der Waals surface area (Å²) in [5.74, 6) is 2.39. The molecule has 0 aliphatic heterocycles. The average molecular weight is 379 g/mol. The zero-order valence-electron chi connectivity index (χ0n) is 16.3. The van der Waals surface area contributed by atoms with Crippen molar-refractivity contribution in [3.05, 3.63) is 54.4 Å². The summed E-state index contributed by atoms with van der Waals surface area (Å²) in [6, 6.07) is 15.8. The van der Waals surface area contributed by atoms with Crippen LogP contribution in [-0.2, 0) is 5.54 Å². The number of anilines is 1. The minimum absolute atomic E-state index is 0.336. The molecule has 1 heterocycles. The van der Waals surface area contributed by atoms with Crippen molar-refractivity contribution in [1.29, 1.82) is 0 Å². The summed E-state index contributed by atoms with van der Waals surface area (Å²) in [6.07, 6.45) is 5.41. The third kappa shape index (κ3) is 3.40. The number of para-hydroxylation sites is 2. The van der Waals surface area contributed by atoms with Crippen LogP contribution < -0.4 is 14.8 Å². The number of nitrogens with one attached hydrogen (secondary N) is 1. The predicted molar refractivity (Wildman–Crippen MR) is 107 cm³/mol. The van der Waals surface area contributed by atoms with Crippen molar-refractivity contribution in [2.45, 2.75) is 37.6 Å². The number of hydrogen-bond donors (Lipinski definition) is 1. The molecule has 1 fully saturated rings. The van der Waals surface area contributed by atoms with Crippen molar-refractivity contribution < 1.29 is 9.47 Å². The van der Waals surface area contributed by atoms with Gasteiger partial charge in [0.05, 0.1) is 19.8 Å². The zero-order chi connectivity index (χ0) is 19.4. The second-order valence-corrected chi connectivity index (χ2v) is 7.08. The van der Waals surface area contributed by atoms with Crippen LogP contribution in [0.3, 0.4) is 0 Å². The first kappa shape index (κ1) is 18.3. The molecule has 0 spiro atoms. The number of aromatic nitrogens is 4. The molecule has 1 aliphatic carbocycles. The third-order valence-corrected chi connectivity index (χ3v) is 5.39. The molecule has 1 saturated carbocycles. The van der Waals surface area contributed by atoms with Gasteiger partial charge in [0.2, 0.25) is 0 Å². The summed E-state index contributed by atoms with van der Waals surface area (Å²) in [7, 11) is 3.33. The van der Waals surface area contributed by atoms with Crippen LogP contribution in [-0.4, -0.2) is 34.4 Å². The Labute approximate surface area is 164 Å². The number of methoxy groups -OCH3 is 2. The number of hydrogen-bond acceptors (Lipinski definition) is 6. The maximum atomic E-state index is 5.54. The first-order valence-electron chi connectivity index (χ1n) is 9.60. The van der Waals surface area contributed by atoms with Crippen LogP contribution in [0.1, 0.15) is 37.9 Å². The smallest absolute Gasteiger partial charge is 0.182 e. The van der Waals surface area contributed by atoms with Gasteiger partial charge in [-0.15, -0.1) is 5.10 Å². The zero-order valence-corrected chi connectivity index (χ0v) is 16.3. The number of rotatable bonds is 6. The van der Waals surface area contributed by atoms with E-state index in [-0.39, 0.29) is 5.54 Å². The van der Waals surface area contributed by atoms with E-state index in [1.165, 1.54) is 6.42 Å². The molecule has 1 aromatic heterocycles. The highest BCUT2D eigenvalue weighted by Gasteiger charge is 2.39. The van der Waals surface area contributed by atoms with Crippen LogP contribution in [0.25, 0.3) is 5.69 Å². The van der Waals surface area contributed by atoms with Crippen LogP contribution in [0.15, 0.2) is 48.5 Å². The summed E-state index contributed by atoms with van der Waals surface area (Å²) in [5.41, 5.74) is 1.53. The molecule has 0 bridgehead atoms. The van der Waals surface area contributed by atoms with E-state index in [0.717, 1.165) is 54.4 Å². The quantitative estimate of drug-likeness (QED) is 0.699. The Kier molecular flexibility index (Phi) is 5.14. The number of tetrazole rings is 1. The SMILES string of the molecule is COc1ccc(NC2(c3nnnn3-c3ccccc3OC)CCCCC2)cc1. The van der Waals surface area contributed by atoms with Crippen LogP contribution in [0, 0.1) is 0 Å². The first-order valence-corrected chi connectivity index (χ1v) is 9.60. The summed E-state index contributed by atoms with van der Waals surface area (Å²) >= 11 is 0. The van der Waals surface area contributed by atoms with Crippen molar-refractivity contribution >= 4 is 5.69 Å². The molecule has 7 heteroatoms. The van der Waals surface area contributed by atoms with Crippen LogP contribution in [0.2, 0.25) is 0 Å². The minimum Gasteiger partial charge on any atom is -0.497 e. The van der Waals surface area contributed by atoms with Gasteiger partial charge in [0.1, 0.15) is 17.2 Å². The van der Waals surface area contributed by atoms with Crippen molar-refractivity contribution in [2.75, 3.05) is 19.5 Å². The van der Waals surface area contributed by atoms with Gasteiger partial charge in [-0.2, -0.15) is 4.68 Å². The molecule has 0 saturated heterocycles. The lowest BCUT2D eigenvalue weighted by atomic mass is 9.80. The van der Waals surface area contributed by atoms with Gasteiger partial charge in [0.15, 0.2) is 5.82 Å². The predicted octanol–water partition coefficient (Wildman–Crippen LogP) is 3.95. The average Bonchev–Trinajstić information content (AvgIpc) is 3.25. The lowest BCUT2D eigenvalue weighted by molar-refractivity contribution is 0.308. The summed E-state index contributed by atoms with van der Waals surface area (Å²) in [6.45, 7) is 0. The van der Waals surface area contributed by atoms with Gasteiger partial charge in [-0.25, -0.2) is 0 Å². The van der Waals surface area contributed by atoms with Crippen LogP contribution in [0.5, 0.6) is 11.5 Å². The van der Waals surface area contributed by atoms with E-state index in [1.54, 1.807) is 18.9 Å². The normalized spacial score (nSPS) is 15.8. The topological polar surface area (TPSA) is 74.1 Å². The lowest BCUT2D eigenvalue weighted by Crippen LogP contribution is -2.40. The fraction of sp³-hybridized carbons (Fsp3) is 0.381. The number of benzene rings is 2. The molecular formula is C21H25N5O2. The van der Waals surface area contributed by atoms with Crippen LogP contribution in [0.4, 0.5) is 5.69 Å². The summed E-state index contributed by atoms with van der Waals surface area (Å²) in [5, 5.41) is 16.5. The van der Waals surface area contributed by atoms with Crippen molar-refractivity contribution in [1.82, 2.24) is 20.2 Å². The lowest BCUT2D eigenvalue weighted by Gasteiger charge is -2.37. The Hall–Kier alpha value is -3.09. The molecule has 146 valence electrons. The molecule has 7 nitrogen and oxygen atoms in total. The Morgan fingerprint density at radius 2 is 1.68 bits per heavy atom. The molecule has 0 unspecified atom stereocenters. The van der Waals surface area contributed by atoms with Gasteiger partial charge in [-0.05, 0) is 59.7 Å². The van der Waals surface area contributed by atoms with E-state index in [4.69, 9.17) is 9.47 Å². The van der Waals surface area contributed by atoms with Gasteiger partial charge in [-0.1, -0.05) is 31.4 Å². The highest BCUT2D eigenvalue weighted by Crippen LogP contribution is 2.40. The standard InChI is InChI=1S/C21H25N5O2/c1-27-17-12-10-16(11-13-17)22-21(14-6-3-7-15-21)20-23-24-25-26(20)18-8-4-5-9-19(18)28-2/h4-5,8-13,22H,3,6-7,14-15H2,1-2H3. The first-order chi connectivity index (χ1) is 13.8. The van der Waals surface area contributed by atoms with E-state index in [1.807, 2.05) is 48.5 Å². The van der Waals surface area contributed by atoms with Crippen LogP contribution >= 0.6 is 0 Å². The molecule has 0 amide bonds. The van der Waals surface area contributed by atoms with E-state index in [2.05, 4.69) is 20.8 Å². The maximum absolute atomic E-state index is 5.54. The minimum atomic E-state index is -0.336. The highest BCUT2D eigenvalue weighted by atomic mass is 16.5. The van der Waals surface area contributed by atoms with Crippen molar-refractivity contribution in [3.63, 3.8) is 0 Å². The van der Waals surface area contributed by atoms with E-state index in [0.29, 0.717) is 0 Å². The van der Waals surface area contributed by atoms with Gasteiger partial charge < -0.3 is 14.8 Å².